The molecule has 0 bridgehead atoms. The van der Waals surface area contributed by atoms with E-state index in [2.05, 4.69) is 277 Å². The molecule has 0 aliphatic heterocycles. The molecule has 13 rings (SSSR count). The number of benzene rings is 10. The van der Waals surface area contributed by atoms with Crippen LogP contribution in [-0.2, 0) is 6.42 Å². The van der Waals surface area contributed by atoms with Crippen LogP contribution in [0.15, 0.2) is 263 Å². The second kappa shape index (κ2) is 18.5. The molecule has 0 fully saturated rings. The molecule has 0 N–H and O–H groups in total. The number of nitrogens with zero attached hydrogens (tertiary/aromatic N) is 3. The van der Waals surface area contributed by atoms with Crippen molar-refractivity contribution >= 4 is 84.0 Å². The summed E-state index contributed by atoms with van der Waals surface area (Å²) in [6.07, 6.45) is 1.65. The normalized spacial score (nSPS) is 12.4. The van der Waals surface area contributed by atoms with E-state index in [4.69, 9.17) is 8.83 Å². The second-order valence-electron chi connectivity index (χ2n) is 18.9. The van der Waals surface area contributed by atoms with Crippen LogP contribution in [0.1, 0.15) is 30.2 Å². The van der Waals surface area contributed by atoms with Gasteiger partial charge in [-0.3, -0.25) is 0 Å². The molecule has 1 aliphatic carbocycles. The van der Waals surface area contributed by atoms with Crippen molar-refractivity contribution in [1.82, 2.24) is 0 Å². The van der Waals surface area contributed by atoms with Gasteiger partial charge in [0.05, 0.1) is 0 Å². The fourth-order valence-corrected chi connectivity index (χ4v) is 11.0. The fourth-order valence-electron chi connectivity index (χ4n) is 11.0. The molecule has 12 aromatic rings. The maximum atomic E-state index is 6.75. The Hall–Kier alpha value is -9.32. The minimum atomic E-state index is 0.798. The average molecular weight is 942 g/mol. The van der Waals surface area contributed by atoms with E-state index in [9.17, 15) is 0 Å². The summed E-state index contributed by atoms with van der Waals surface area (Å²) in [4.78, 5) is 7.14. The van der Waals surface area contributed by atoms with Crippen LogP contribution in [0.2, 0.25) is 0 Å². The van der Waals surface area contributed by atoms with E-state index in [0.29, 0.717) is 0 Å². The van der Waals surface area contributed by atoms with Gasteiger partial charge in [-0.25, -0.2) is 0 Å². The van der Waals surface area contributed by atoms with Gasteiger partial charge < -0.3 is 23.5 Å². The summed E-state index contributed by atoms with van der Waals surface area (Å²) < 4.78 is 13.4. The van der Waals surface area contributed by atoms with Gasteiger partial charge in [-0.1, -0.05) is 140 Å². The van der Waals surface area contributed by atoms with Crippen molar-refractivity contribution in [2.45, 2.75) is 26.7 Å². The third kappa shape index (κ3) is 7.92. The maximum absolute atomic E-state index is 6.75. The van der Waals surface area contributed by atoms with E-state index in [1.807, 2.05) is 0 Å². The van der Waals surface area contributed by atoms with Crippen molar-refractivity contribution in [2.24, 2.45) is 0 Å². The van der Waals surface area contributed by atoms with E-state index in [1.54, 1.807) is 0 Å². The Kier molecular flexibility index (Phi) is 11.0. The molecule has 73 heavy (non-hydrogen) atoms. The van der Waals surface area contributed by atoms with Crippen LogP contribution in [0.3, 0.4) is 0 Å². The van der Waals surface area contributed by atoms with Gasteiger partial charge in [0.1, 0.15) is 22.5 Å². The Labute approximate surface area is 425 Å². The topological polar surface area (TPSA) is 36.0 Å². The molecule has 10 aromatic carbocycles. The van der Waals surface area contributed by atoms with E-state index in [1.165, 1.54) is 39.1 Å². The molecule has 0 spiro atoms. The molecule has 0 saturated carbocycles. The number of aryl methyl sites for hydroxylation is 2. The first-order chi connectivity index (χ1) is 36.0. The van der Waals surface area contributed by atoms with Crippen LogP contribution >= 0.6 is 0 Å². The highest BCUT2D eigenvalue weighted by Crippen LogP contribution is 2.48. The third-order valence-corrected chi connectivity index (χ3v) is 14.5. The summed E-state index contributed by atoms with van der Waals surface area (Å²) in [6, 6.07) is 88.6. The zero-order valence-electron chi connectivity index (χ0n) is 40.7. The lowest BCUT2D eigenvalue weighted by atomic mass is 9.91. The first kappa shape index (κ1) is 43.7. The smallest absolute Gasteiger partial charge is 0.135 e. The number of fused-ring (bicyclic) bond motifs is 6. The first-order valence-electron chi connectivity index (χ1n) is 25.1. The number of para-hydroxylation sites is 3. The van der Waals surface area contributed by atoms with Crippen molar-refractivity contribution < 1.29 is 8.83 Å². The summed E-state index contributed by atoms with van der Waals surface area (Å²) in [6.45, 7) is 4.49. The lowest BCUT2D eigenvalue weighted by Gasteiger charge is -2.32. The quantitative estimate of drug-likeness (QED) is 0.129. The largest absolute Gasteiger partial charge is 0.460 e. The molecule has 0 saturated heterocycles. The number of anilines is 8. The molecule has 0 amide bonds. The van der Waals surface area contributed by atoms with Crippen LogP contribution in [0.4, 0.5) is 45.5 Å². The number of allylic oxidation sites excluding steroid dienone is 2. The highest BCUT2D eigenvalue weighted by atomic mass is 16.3. The molecule has 5 heteroatoms. The predicted octanol–water partition coefficient (Wildman–Crippen LogP) is 19.4. The highest BCUT2D eigenvalue weighted by Gasteiger charge is 2.29. The number of hydrogen-bond acceptors (Lipinski definition) is 5. The first-order valence-corrected chi connectivity index (χ1v) is 25.1. The van der Waals surface area contributed by atoms with Crippen molar-refractivity contribution in [3.8, 4) is 22.3 Å². The summed E-state index contributed by atoms with van der Waals surface area (Å²) >= 11 is 0. The van der Waals surface area contributed by atoms with Crippen molar-refractivity contribution in [3.05, 3.63) is 271 Å². The van der Waals surface area contributed by atoms with Gasteiger partial charge in [-0.05, 0) is 163 Å². The van der Waals surface area contributed by atoms with Crippen LogP contribution in [0, 0.1) is 6.92 Å². The molecule has 5 nitrogen and oxygen atoms in total. The van der Waals surface area contributed by atoms with Gasteiger partial charge in [-0.2, -0.15) is 0 Å². The standard InChI is InChI=1S/C68H51N3O2/c1-46-61(70(53-24-14-6-15-25-53)55-32-28-50(29-33-55)48-18-8-3-9-19-48)38-42-65-67(46)59-44-57(36-40-63(59)72-65)69(52-22-12-5-13-23-52)58-37-41-64-60(45-58)68-47(2)62(39-43-66(68)73-64)71(54-26-16-7-17-27-54)56-34-30-51(31-35-56)49-20-10-4-11-21-49/h3-38,40-42,44-45H,39,43H2,1-2H3. The van der Waals surface area contributed by atoms with Crippen LogP contribution in [-0.4, -0.2) is 0 Å². The molecule has 0 atom stereocenters. The van der Waals surface area contributed by atoms with Crippen molar-refractivity contribution in [1.29, 1.82) is 0 Å². The van der Waals surface area contributed by atoms with Gasteiger partial charge >= 0.3 is 0 Å². The lowest BCUT2D eigenvalue weighted by molar-refractivity contribution is 0.541. The van der Waals surface area contributed by atoms with Crippen molar-refractivity contribution in [3.63, 3.8) is 0 Å². The minimum absolute atomic E-state index is 0.798. The van der Waals surface area contributed by atoms with Crippen LogP contribution < -0.4 is 14.7 Å². The average Bonchev–Trinajstić information content (AvgIpc) is 4.03. The summed E-state index contributed by atoms with van der Waals surface area (Å²) in [7, 11) is 0. The second-order valence-corrected chi connectivity index (χ2v) is 18.9. The highest BCUT2D eigenvalue weighted by molar-refractivity contribution is 6.10. The number of rotatable bonds is 11. The van der Waals surface area contributed by atoms with Gasteiger partial charge in [0.2, 0.25) is 0 Å². The SMILES string of the molecule is CC1=C(N(c2ccccc2)c2ccc(-c3ccccc3)cc2)CCc2oc3ccc(N(c4ccccc4)c4ccc5oc6ccc(N(c7ccccc7)c7ccc(-c8ccccc8)cc7)c(C)c6c5c4)cc3c21. The Morgan fingerprint density at radius 1 is 0.329 bits per heavy atom. The summed E-state index contributed by atoms with van der Waals surface area (Å²) in [5.41, 5.74) is 20.8. The maximum Gasteiger partial charge on any atom is 0.135 e. The molecule has 2 aromatic heterocycles. The zero-order chi connectivity index (χ0) is 48.8. The summed E-state index contributed by atoms with van der Waals surface area (Å²) in [5, 5.41) is 3.25. The monoisotopic (exact) mass is 941 g/mol. The van der Waals surface area contributed by atoms with E-state index in [-0.39, 0.29) is 0 Å². The molecular weight excluding hydrogens is 891 g/mol. The number of furan rings is 2. The molecule has 1 aliphatic rings. The molecule has 2 heterocycles. The van der Waals surface area contributed by atoms with Crippen LogP contribution in [0.5, 0.6) is 0 Å². The van der Waals surface area contributed by atoms with Gasteiger partial charge in [0.25, 0.3) is 0 Å². The van der Waals surface area contributed by atoms with E-state index >= 15 is 0 Å². The van der Waals surface area contributed by atoms with E-state index < -0.39 is 0 Å². The third-order valence-electron chi connectivity index (χ3n) is 14.5. The lowest BCUT2D eigenvalue weighted by Crippen LogP contribution is -2.20. The van der Waals surface area contributed by atoms with Gasteiger partial charge in [0.15, 0.2) is 0 Å². The van der Waals surface area contributed by atoms with Crippen LogP contribution in [0.25, 0.3) is 60.7 Å². The Balaban J connectivity index is 0.918. The Morgan fingerprint density at radius 2 is 0.740 bits per heavy atom. The predicted molar refractivity (Wildman–Crippen MR) is 304 cm³/mol. The van der Waals surface area contributed by atoms with Crippen molar-refractivity contribution in [2.75, 3.05) is 14.7 Å². The molecule has 0 radical (unpaired) electrons. The Bertz CT molecular complexity index is 3960. The number of hydrogen-bond donors (Lipinski definition) is 0. The molecular formula is C68H51N3O2. The molecule has 350 valence electrons. The molecule has 0 unspecified atom stereocenters. The van der Waals surface area contributed by atoms with Gasteiger partial charge in [-0.15, -0.1) is 0 Å². The van der Waals surface area contributed by atoms with E-state index in [0.717, 1.165) is 103 Å². The minimum Gasteiger partial charge on any atom is -0.460 e. The Morgan fingerprint density at radius 3 is 1.29 bits per heavy atom. The van der Waals surface area contributed by atoms with Gasteiger partial charge in [0, 0.05) is 79.3 Å². The fraction of sp³-hybridized carbons (Fsp3) is 0.0588. The summed E-state index contributed by atoms with van der Waals surface area (Å²) in [5.74, 6) is 1.03. The zero-order valence-corrected chi connectivity index (χ0v) is 40.7.